The first-order chi connectivity index (χ1) is 8.67. The molecule has 21 heavy (non-hydrogen) atoms. The fourth-order valence-electron chi connectivity index (χ4n) is 2.76. The van der Waals surface area contributed by atoms with Crippen molar-refractivity contribution in [2.75, 3.05) is 46.9 Å². The zero-order chi connectivity index (χ0) is 13.6. The van der Waals surface area contributed by atoms with Crippen LogP contribution in [0.15, 0.2) is 0 Å². The zero-order valence-electron chi connectivity index (χ0n) is 14.2. The van der Waals surface area contributed by atoms with Gasteiger partial charge in [-0.05, 0) is 18.1 Å². The Balaban J connectivity index is -0.000000621. The molecule has 0 spiro atoms. The van der Waals surface area contributed by atoms with Crippen LogP contribution in [0, 0.1) is 14.9 Å². The second kappa shape index (κ2) is 12.7. The molecule has 131 valence electrons. The SMILES string of the molecule is CO.CO[Si](OC)(OC)O[Si]12CC[PH+](CC1)CC2.[CH3-].[CH3-].[Rh+2]. The molecule has 5 nitrogen and oxygen atoms in total. The first-order valence-electron chi connectivity index (χ1n) is 6.31. The van der Waals surface area contributed by atoms with E-state index in [0.717, 1.165) is 7.11 Å². The Labute approximate surface area is 147 Å². The molecule has 3 rings (SSSR count). The van der Waals surface area contributed by atoms with E-state index in [1.54, 1.807) is 21.3 Å². The molecule has 3 aliphatic rings. The van der Waals surface area contributed by atoms with Crippen LogP contribution in [0.4, 0.5) is 0 Å². The van der Waals surface area contributed by atoms with Gasteiger partial charge >= 0.3 is 28.5 Å². The third-order valence-electron chi connectivity index (χ3n) is 3.89. The number of fused-ring (bicyclic) bond motifs is 3. The van der Waals surface area contributed by atoms with Crippen molar-refractivity contribution in [3.8, 4) is 0 Å². The van der Waals surface area contributed by atoms with Crippen molar-refractivity contribution in [2.24, 2.45) is 0 Å². The maximum Gasteiger partial charge on any atom is 2.00 e. The summed E-state index contributed by atoms with van der Waals surface area (Å²) >= 11 is 0. The summed E-state index contributed by atoms with van der Waals surface area (Å²) in [6.07, 6.45) is 4.33. The largest absolute Gasteiger partial charge is 2.00 e. The molecule has 2 bridgehead atoms. The van der Waals surface area contributed by atoms with Crippen molar-refractivity contribution >= 4 is 25.3 Å². The van der Waals surface area contributed by atoms with Crippen molar-refractivity contribution in [1.82, 2.24) is 0 Å². The van der Waals surface area contributed by atoms with Gasteiger partial charge in [-0.2, -0.15) is 0 Å². The number of aliphatic hydroxyl groups is 1. The Hall–Kier alpha value is 1.29. The summed E-state index contributed by atoms with van der Waals surface area (Å²) in [5.74, 6) is 0. The standard InChI is InChI=1S/C9H21O4PSi2.CH4O.2CH3.Rh/c1-10-16(11-2,12-3)13-15-7-4-14(5-8-15)6-9-15;1-2;;;/h4-9H2,1-3H3;2H,1H3;2*1H3;/q;;2*-1;+2/p+1. The molecular formula is C12H32O5PRhSi2+. The third-order valence-corrected chi connectivity index (χ3v) is 16.0. The summed E-state index contributed by atoms with van der Waals surface area (Å²) in [6, 6.07) is 3.93. The van der Waals surface area contributed by atoms with Crippen LogP contribution in [0.5, 0.6) is 0 Å². The monoisotopic (exact) mass is 446 g/mol. The minimum absolute atomic E-state index is 0. The maximum atomic E-state index is 7.00. The molecule has 0 saturated carbocycles. The Morgan fingerprint density at radius 2 is 1.19 bits per heavy atom. The summed E-state index contributed by atoms with van der Waals surface area (Å²) in [6.45, 7) is 0. The molecule has 9 heteroatoms. The van der Waals surface area contributed by atoms with Gasteiger partial charge < -0.3 is 37.4 Å². The van der Waals surface area contributed by atoms with Crippen molar-refractivity contribution < 1.29 is 42.0 Å². The first-order valence-corrected chi connectivity index (χ1v) is 12.6. The average Bonchev–Trinajstić information content (AvgIpc) is 2.49. The van der Waals surface area contributed by atoms with Gasteiger partial charge in [0.25, 0.3) is 0 Å². The summed E-state index contributed by atoms with van der Waals surface area (Å²) < 4.78 is 22.5. The fraction of sp³-hybridized carbons (Fsp3) is 0.833. The van der Waals surface area contributed by atoms with E-state index in [0.29, 0.717) is 0 Å². The third kappa shape index (κ3) is 6.74. The first kappa shape index (κ1) is 27.1. The summed E-state index contributed by atoms with van der Waals surface area (Å²) in [5.41, 5.74) is 0. The second-order valence-corrected chi connectivity index (χ2v) is 14.6. The van der Waals surface area contributed by atoms with E-state index < -0.39 is 17.4 Å². The van der Waals surface area contributed by atoms with Crippen LogP contribution in [-0.4, -0.2) is 69.4 Å². The van der Waals surface area contributed by atoms with E-state index in [9.17, 15) is 0 Å². The molecule has 0 amide bonds. The predicted octanol–water partition coefficient (Wildman–Crippen LogP) is 2.07. The van der Waals surface area contributed by atoms with Crippen LogP contribution < -0.4 is 0 Å². The molecule has 0 unspecified atom stereocenters. The van der Waals surface area contributed by atoms with E-state index in [2.05, 4.69) is 0 Å². The second-order valence-electron chi connectivity index (χ2n) is 4.65. The van der Waals surface area contributed by atoms with Gasteiger partial charge in [0.15, 0.2) is 8.32 Å². The molecule has 3 aliphatic heterocycles. The van der Waals surface area contributed by atoms with Gasteiger partial charge in [-0.3, -0.25) is 0 Å². The van der Waals surface area contributed by atoms with Crippen molar-refractivity contribution in [2.45, 2.75) is 18.1 Å². The summed E-state index contributed by atoms with van der Waals surface area (Å²) in [7, 11) is 1.53. The van der Waals surface area contributed by atoms with Crippen molar-refractivity contribution in [3.63, 3.8) is 0 Å². The van der Waals surface area contributed by atoms with Gasteiger partial charge in [-0.15, -0.1) is 0 Å². The van der Waals surface area contributed by atoms with Gasteiger partial charge in [0, 0.05) is 36.4 Å². The summed E-state index contributed by atoms with van der Waals surface area (Å²) in [5, 5.41) is 7.00. The fourth-order valence-corrected chi connectivity index (χ4v) is 18.8. The van der Waals surface area contributed by atoms with E-state index in [-0.39, 0.29) is 42.3 Å². The van der Waals surface area contributed by atoms with Gasteiger partial charge in [-0.25, -0.2) is 0 Å². The Morgan fingerprint density at radius 1 is 0.857 bits per heavy atom. The molecule has 0 aromatic carbocycles. The molecule has 1 radical (unpaired) electrons. The molecule has 3 heterocycles. The van der Waals surface area contributed by atoms with Crippen LogP contribution in [0.3, 0.4) is 0 Å². The van der Waals surface area contributed by atoms with Gasteiger partial charge in [-0.1, -0.05) is 0 Å². The normalized spacial score (nSPS) is 26.4. The predicted molar refractivity (Wildman–Crippen MR) is 91.9 cm³/mol. The topological polar surface area (TPSA) is 57.2 Å². The quantitative estimate of drug-likeness (QED) is 0.398. The Kier molecular flexibility index (Phi) is 16.4. The molecule has 0 aromatic rings. The van der Waals surface area contributed by atoms with Crippen LogP contribution in [0.1, 0.15) is 0 Å². The van der Waals surface area contributed by atoms with E-state index in [4.69, 9.17) is 22.5 Å². The molecule has 3 fully saturated rings. The van der Waals surface area contributed by atoms with Crippen molar-refractivity contribution in [3.05, 3.63) is 14.9 Å². The van der Waals surface area contributed by atoms with E-state index in [1.807, 2.05) is 0 Å². The zero-order valence-corrected chi connectivity index (χ0v) is 18.8. The number of aliphatic hydroxyl groups excluding tert-OH is 1. The molecule has 0 atom stereocenters. The minimum atomic E-state index is -2.80. The molecule has 0 aromatic heterocycles. The van der Waals surface area contributed by atoms with Crippen molar-refractivity contribution in [1.29, 1.82) is 0 Å². The summed E-state index contributed by atoms with van der Waals surface area (Å²) in [4.78, 5) is 0. The minimum Gasteiger partial charge on any atom is -0.400 e. The van der Waals surface area contributed by atoms with Crippen LogP contribution in [0.2, 0.25) is 18.1 Å². The molecule has 1 N–H and O–H groups in total. The smallest absolute Gasteiger partial charge is 0.400 e. The molecule has 0 aliphatic carbocycles. The van der Waals surface area contributed by atoms with E-state index in [1.165, 1.54) is 36.6 Å². The van der Waals surface area contributed by atoms with Gasteiger partial charge in [0.05, 0.1) is 18.5 Å². The maximum absolute atomic E-state index is 7.00. The van der Waals surface area contributed by atoms with Gasteiger partial charge in [0.1, 0.15) is 0 Å². The average molecular weight is 446 g/mol. The van der Waals surface area contributed by atoms with Gasteiger partial charge in [0.2, 0.25) is 0 Å². The molecule has 3 saturated heterocycles. The number of hydrogen-bond donors (Lipinski definition) is 1. The Bertz CT molecular complexity index is 230. The molecular weight excluding hydrogens is 414 g/mol. The Morgan fingerprint density at radius 3 is 1.48 bits per heavy atom. The number of rotatable bonds is 5. The number of hydrogen-bond acceptors (Lipinski definition) is 5. The van der Waals surface area contributed by atoms with Crippen LogP contribution in [0.25, 0.3) is 0 Å². The van der Waals surface area contributed by atoms with Crippen LogP contribution >= 0.6 is 7.92 Å². The van der Waals surface area contributed by atoms with E-state index >= 15 is 0 Å². The van der Waals surface area contributed by atoms with Crippen LogP contribution in [-0.2, 0) is 36.9 Å².